The minimum atomic E-state index is -0.454. The van der Waals surface area contributed by atoms with Crippen LogP contribution in [0.3, 0.4) is 0 Å². The van der Waals surface area contributed by atoms with E-state index >= 15 is 0 Å². The Morgan fingerprint density at radius 2 is 1.90 bits per heavy atom. The summed E-state index contributed by atoms with van der Waals surface area (Å²) in [5.74, 6) is 0.459. The van der Waals surface area contributed by atoms with Crippen LogP contribution >= 0.6 is 0 Å². The average Bonchev–Trinajstić information content (AvgIpc) is 2.31. The first-order chi connectivity index (χ1) is 9.28. The lowest BCUT2D eigenvalue weighted by molar-refractivity contribution is 0.0521. The van der Waals surface area contributed by atoms with Crippen LogP contribution in [-0.2, 0) is 9.47 Å². The Morgan fingerprint density at radius 1 is 1.25 bits per heavy atom. The van der Waals surface area contributed by atoms with Crippen molar-refractivity contribution in [3.63, 3.8) is 0 Å². The maximum atomic E-state index is 11.6. The third-order valence-electron chi connectivity index (χ3n) is 2.73. The molecule has 0 rings (SSSR count). The summed E-state index contributed by atoms with van der Waals surface area (Å²) in [6.07, 6.45) is 1.74. The molecule has 0 heterocycles. The fourth-order valence-electron chi connectivity index (χ4n) is 1.86. The van der Waals surface area contributed by atoms with Gasteiger partial charge in [-0.2, -0.15) is 0 Å². The van der Waals surface area contributed by atoms with E-state index in [4.69, 9.17) is 9.47 Å². The Labute approximate surface area is 123 Å². The Bertz CT molecular complexity index is 264. The predicted octanol–water partition coefficient (Wildman–Crippen LogP) is 2.55. The van der Waals surface area contributed by atoms with Gasteiger partial charge in [0.15, 0.2) is 0 Å². The predicted molar refractivity (Wildman–Crippen MR) is 82.0 cm³/mol. The van der Waals surface area contributed by atoms with E-state index in [0.717, 1.165) is 26.0 Å². The normalized spacial score (nSPS) is 14.7. The lowest BCUT2D eigenvalue weighted by Gasteiger charge is -2.23. The number of hydrogen-bond acceptors (Lipinski definition) is 4. The molecule has 2 N–H and O–H groups in total. The summed E-state index contributed by atoms with van der Waals surface area (Å²) in [6.45, 7) is 12.1. The third-order valence-corrected chi connectivity index (χ3v) is 2.73. The van der Waals surface area contributed by atoms with Crippen LogP contribution < -0.4 is 10.6 Å². The summed E-state index contributed by atoms with van der Waals surface area (Å²) in [6, 6.07) is 0.270. The van der Waals surface area contributed by atoms with Crippen molar-refractivity contribution in [3.05, 3.63) is 0 Å². The van der Waals surface area contributed by atoms with E-state index < -0.39 is 5.60 Å². The van der Waals surface area contributed by atoms with Gasteiger partial charge in [-0.15, -0.1) is 0 Å². The van der Waals surface area contributed by atoms with Crippen LogP contribution in [0, 0.1) is 5.92 Å². The topological polar surface area (TPSA) is 59.6 Å². The zero-order valence-electron chi connectivity index (χ0n) is 13.9. The number of carbonyl (C=O) groups excluding carboxylic acids is 1. The zero-order valence-corrected chi connectivity index (χ0v) is 13.9. The molecule has 0 saturated carbocycles. The number of amides is 1. The second-order valence-electron chi connectivity index (χ2n) is 6.34. The third kappa shape index (κ3) is 11.1. The molecule has 2 atom stereocenters. The highest BCUT2D eigenvalue weighted by molar-refractivity contribution is 5.67. The first-order valence-corrected chi connectivity index (χ1v) is 7.47. The van der Waals surface area contributed by atoms with Crippen molar-refractivity contribution in [3.8, 4) is 0 Å². The van der Waals surface area contributed by atoms with Crippen molar-refractivity contribution >= 4 is 6.09 Å². The quantitative estimate of drug-likeness (QED) is 0.684. The molecule has 5 nitrogen and oxygen atoms in total. The van der Waals surface area contributed by atoms with Crippen LogP contribution in [0.2, 0.25) is 0 Å². The Morgan fingerprint density at radius 3 is 2.40 bits per heavy atom. The number of ether oxygens (including phenoxy) is 2. The SMILES string of the molecule is CCCC(CNC(=O)OC(C)(C)C)NCC(C)COC. The average molecular weight is 288 g/mol. The summed E-state index contributed by atoms with van der Waals surface area (Å²) in [4.78, 5) is 11.6. The van der Waals surface area contributed by atoms with Gasteiger partial charge in [-0.25, -0.2) is 4.79 Å². The van der Waals surface area contributed by atoms with E-state index in [1.54, 1.807) is 7.11 Å². The monoisotopic (exact) mass is 288 g/mol. The van der Waals surface area contributed by atoms with E-state index in [-0.39, 0.29) is 12.1 Å². The molecule has 0 bridgehead atoms. The molecule has 5 heteroatoms. The summed E-state index contributed by atoms with van der Waals surface area (Å²) in [5.41, 5.74) is -0.454. The van der Waals surface area contributed by atoms with Gasteiger partial charge in [0, 0.05) is 32.8 Å². The maximum absolute atomic E-state index is 11.6. The summed E-state index contributed by atoms with van der Waals surface area (Å²) in [7, 11) is 1.71. The second-order valence-corrected chi connectivity index (χ2v) is 6.34. The molecule has 0 fully saturated rings. The molecule has 1 amide bonds. The Balaban J connectivity index is 4.04. The molecule has 0 spiro atoms. The van der Waals surface area contributed by atoms with E-state index in [0.29, 0.717) is 12.5 Å². The van der Waals surface area contributed by atoms with E-state index in [1.165, 1.54) is 0 Å². The van der Waals surface area contributed by atoms with E-state index in [2.05, 4.69) is 24.5 Å². The maximum Gasteiger partial charge on any atom is 0.407 e. The van der Waals surface area contributed by atoms with Crippen molar-refractivity contribution in [2.75, 3.05) is 26.8 Å². The zero-order chi connectivity index (χ0) is 15.6. The van der Waals surface area contributed by atoms with Crippen LogP contribution in [-0.4, -0.2) is 44.5 Å². The Hall–Kier alpha value is -0.810. The standard InChI is InChI=1S/C15H32N2O3/c1-7-8-13(16-9-12(2)11-19-6)10-17-14(18)20-15(3,4)5/h12-13,16H,7-11H2,1-6H3,(H,17,18). The highest BCUT2D eigenvalue weighted by Gasteiger charge is 2.17. The van der Waals surface area contributed by atoms with Crippen LogP contribution in [0.15, 0.2) is 0 Å². The molecule has 0 radical (unpaired) electrons. The largest absolute Gasteiger partial charge is 0.444 e. The first kappa shape index (κ1) is 19.2. The van der Waals surface area contributed by atoms with Crippen molar-refractivity contribution in [2.24, 2.45) is 5.92 Å². The van der Waals surface area contributed by atoms with Crippen molar-refractivity contribution in [1.29, 1.82) is 0 Å². The Kier molecular flexibility index (Phi) is 9.59. The van der Waals surface area contributed by atoms with Gasteiger partial charge in [-0.1, -0.05) is 20.3 Å². The van der Waals surface area contributed by atoms with Crippen LogP contribution in [0.25, 0.3) is 0 Å². The van der Waals surface area contributed by atoms with E-state index in [9.17, 15) is 4.79 Å². The number of hydrogen-bond donors (Lipinski definition) is 2. The summed E-state index contributed by atoms with van der Waals surface area (Å²) < 4.78 is 10.4. The smallest absolute Gasteiger partial charge is 0.407 e. The molecule has 0 aliphatic carbocycles. The lowest BCUT2D eigenvalue weighted by Crippen LogP contribution is -2.44. The highest BCUT2D eigenvalue weighted by Crippen LogP contribution is 2.06. The lowest BCUT2D eigenvalue weighted by atomic mass is 10.1. The molecule has 0 aromatic heterocycles. The molecule has 0 aliphatic heterocycles. The summed E-state index contributed by atoms with van der Waals surface area (Å²) >= 11 is 0. The minimum absolute atomic E-state index is 0.270. The molecular weight excluding hydrogens is 256 g/mol. The van der Waals surface area contributed by atoms with E-state index in [1.807, 2.05) is 20.8 Å². The first-order valence-electron chi connectivity index (χ1n) is 7.47. The van der Waals surface area contributed by atoms with Gasteiger partial charge in [0.1, 0.15) is 5.60 Å². The molecular formula is C15H32N2O3. The molecule has 20 heavy (non-hydrogen) atoms. The fraction of sp³-hybridized carbons (Fsp3) is 0.933. The number of carbonyl (C=O) groups is 1. The van der Waals surface area contributed by atoms with Gasteiger partial charge >= 0.3 is 6.09 Å². The van der Waals surface area contributed by atoms with Gasteiger partial charge in [0.2, 0.25) is 0 Å². The minimum Gasteiger partial charge on any atom is -0.444 e. The molecule has 120 valence electrons. The van der Waals surface area contributed by atoms with Gasteiger partial charge in [0.05, 0.1) is 0 Å². The van der Waals surface area contributed by atoms with Crippen LogP contribution in [0.5, 0.6) is 0 Å². The number of nitrogens with one attached hydrogen (secondary N) is 2. The molecule has 0 aromatic rings. The number of rotatable bonds is 9. The van der Waals surface area contributed by atoms with Gasteiger partial charge < -0.3 is 20.1 Å². The number of methoxy groups -OCH3 is 1. The van der Waals surface area contributed by atoms with Gasteiger partial charge in [0.25, 0.3) is 0 Å². The van der Waals surface area contributed by atoms with Gasteiger partial charge in [-0.05, 0) is 33.1 Å². The highest BCUT2D eigenvalue weighted by atomic mass is 16.6. The summed E-state index contributed by atoms with van der Waals surface area (Å²) in [5, 5.41) is 6.30. The van der Waals surface area contributed by atoms with Crippen molar-refractivity contribution in [2.45, 2.75) is 59.1 Å². The molecule has 0 saturated heterocycles. The second kappa shape index (κ2) is 10.00. The molecule has 0 aliphatic rings. The molecule has 0 aromatic carbocycles. The molecule has 2 unspecified atom stereocenters. The van der Waals surface area contributed by atoms with Crippen molar-refractivity contribution < 1.29 is 14.3 Å². The number of alkyl carbamates (subject to hydrolysis) is 1. The van der Waals surface area contributed by atoms with Gasteiger partial charge in [-0.3, -0.25) is 0 Å². The fourth-order valence-corrected chi connectivity index (χ4v) is 1.86. The van der Waals surface area contributed by atoms with Crippen LogP contribution in [0.4, 0.5) is 4.79 Å². The van der Waals surface area contributed by atoms with Crippen molar-refractivity contribution in [1.82, 2.24) is 10.6 Å². The van der Waals surface area contributed by atoms with Crippen LogP contribution in [0.1, 0.15) is 47.5 Å².